The fourth-order valence-electron chi connectivity index (χ4n) is 4.22. The minimum absolute atomic E-state index is 0.111. The third-order valence-corrected chi connectivity index (χ3v) is 7.32. The van der Waals surface area contributed by atoms with Gasteiger partial charge < -0.3 is 19.7 Å². The van der Waals surface area contributed by atoms with Crippen molar-refractivity contribution in [3.05, 3.63) is 84.4 Å². The highest BCUT2D eigenvalue weighted by molar-refractivity contribution is 7.92. The number of amides is 2. The van der Waals surface area contributed by atoms with E-state index in [4.69, 9.17) is 9.47 Å². The van der Waals surface area contributed by atoms with Gasteiger partial charge in [0.15, 0.2) is 0 Å². The number of anilines is 1. The van der Waals surface area contributed by atoms with Gasteiger partial charge >= 0.3 is 0 Å². The fourth-order valence-corrected chi connectivity index (χ4v) is 5.07. The molecule has 0 fully saturated rings. The van der Waals surface area contributed by atoms with Gasteiger partial charge in [-0.25, -0.2) is 8.42 Å². The van der Waals surface area contributed by atoms with Crippen molar-refractivity contribution in [2.24, 2.45) is 0 Å². The largest absolute Gasteiger partial charge is 0.497 e. The summed E-state index contributed by atoms with van der Waals surface area (Å²) in [4.78, 5) is 28.6. The summed E-state index contributed by atoms with van der Waals surface area (Å²) in [7, 11) is -2.29. The number of sulfonamides is 1. The third-order valence-electron chi connectivity index (χ3n) is 6.18. The van der Waals surface area contributed by atoms with Crippen LogP contribution in [0.4, 0.5) is 5.69 Å². The second kappa shape index (κ2) is 13.5. The van der Waals surface area contributed by atoms with Crippen LogP contribution in [0.5, 0.6) is 17.2 Å². The van der Waals surface area contributed by atoms with Crippen LogP contribution in [-0.2, 0) is 26.2 Å². The Morgan fingerprint density at radius 2 is 1.44 bits per heavy atom. The molecule has 1 atom stereocenters. The Bertz CT molecular complexity index is 1400. The average Bonchev–Trinajstić information content (AvgIpc) is 2.91. The Balaban J connectivity index is 1.91. The van der Waals surface area contributed by atoms with E-state index in [0.29, 0.717) is 29.4 Å². The number of rotatable bonds is 12. The van der Waals surface area contributed by atoms with Crippen LogP contribution in [0.25, 0.3) is 0 Å². The smallest absolute Gasteiger partial charge is 0.244 e. The monoisotopic (exact) mass is 581 g/mol. The summed E-state index contributed by atoms with van der Waals surface area (Å²) in [5.74, 6) is 1.00. The Morgan fingerprint density at radius 1 is 0.878 bits per heavy atom. The first-order valence-electron chi connectivity index (χ1n) is 13.4. The van der Waals surface area contributed by atoms with Gasteiger partial charge in [-0.15, -0.1) is 0 Å². The summed E-state index contributed by atoms with van der Waals surface area (Å²) in [6, 6.07) is 22.0. The lowest BCUT2D eigenvalue weighted by molar-refractivity contribution is -0.141. The van der Waals surface area contributed by atoms with Gasteiger partial charge in [0.25, 0.3) is 0 Å². The third kappa shape index (κ3) is 9.24. The summed E-state index contributed by atoms with van der Waals surface area (Å²) in [6.07, 6.45) is 1.39. The van der Waals surface area contributed by atoms with Crippen LogP contribution in [0.2, 0.25) is 0 Å². The minimum atomic E-state index is -3.85. The van der Waals surface area contributed by atoms with E-state index in [0.717, 1.165) is 16.1 Å². The highest BCUT2D eigenvalue weighted by Crippen LogP contribution is 2.26. The molecule has 0 aliphatic carbocycles. The Labute approximate surface area is 243 Å². The zero-order valence-electron chi connectivity index (χ0n) is 24.5. The molecule has 3 rings (SSSR count). The summed E-state index contributed by atoms with van der Waals surface area (Å²) >= 11 is 0. The quantitative estimate of drug-likeness (QED) is 0.324. The van der Waals surface area contributed by atoms with E-state index in [1.54, 1.807) is 43.5 Å². The number of hydrogen-bond acceptors (Lipinski definition) is 6. The van der Waals surface area contributed by atoms with Gasteiger partial charge in [0.1, 0.15) is 29.8 Å². The van der Waals surface area contributed by atoms with E-state index in [1.807, 2.05) is 70.2 Å². The normalized spacial score (nSPS) is 12.2. The molecule has 0 heterocycles. The highest BCUT2D eigenvalue weighted by atomic mass is 32.2. The topological polar surface area (TPSA) is 105 Å². The maximum atomic E-state index is 13.9. The molecule has 0 spiro atoms. The van der Waals surface area contributed by atoms with Crippen molar-refractivity contribution in [2.45, 2.75) is 52.2 Å². The molecular formula is C31H39N3O6S. The molecule has 3 aromatic rings. The van der Waals surface area contributed by atoms with E-state index in [-0.39, 0.29) is 12.5 Å². The van der Waals surface area contributed by atoms with Crippen LogP contribution in [0.3, 0.4) is 0 Å². The van der Waals surface area contributed by atoms with Crippen LogP contribution in [0.15, 0.2) is 78.9 Å². The Kier molecular flexibility index (Phi) is 10.4. The van der Waals surface area contributed by atoms with Crippen molar-refractivity contribution in [2.75, 3.05) is 24.2 Å². The standard InChI is InChI=1S/C31H39N3O6S/c1-7-28(30(36)32-31(2,3)4)33(21-23-13-17-25(39-5)18-14-23)29(35)22-34(41(6,37)38)24-15-19-27(20-16-24)40-26-11-9-8-10-12-26/h8-20,28H,7,21-22H2,1-6H3,(H,32,36)/t28-/m1/s1. The van der Waals surface area contributed by atoms with Gasteiger partial charge in [0, 0.05) is 12.1 Å². The van der Waals surface area contributed by atoms with E-state index in [2.05, 4.69) is 5.32 Å². The number of para-hydroxylation sites is 1. The first kappa shape index (κ1) is 31.5. The van der Waals surface area contributed by atoms with Gasteiger partial charge in [-0.3, -0.25) is 13.9 Å². The maximum Gasteiger partial charge on any atom is 0.244 e. The van der Waals surface area contributed by atoms with Gasteiger partial charge in [-0.2, -0.15) is 0 Å². The Morgan fingerprint density at radius 3 is 1.95 bits per heavy atom. The highest BCUT2D eigenvalue weighted by Gasteiger charge is 2.33. The molecule has 0 saturated heterocycles. The van der Waals surface area contributed by atoms with E-state index >= 15 is 0 Å². The van der Waals surface area contributed by atoms with E-state index in [1.165, 1.54) is 4.90 Å². The molecule has 220 valence electrons. The molecule has 3 aromatic carbocycles. The Hall–Kier alpha value is -4.05. The maximum absolute atomic E-state index is 13.9. The second-order valence-electron chi connectivity index (χ2n) is 10.7. The predicted molar refractivity (Wildman–Crippen MR) is 161 cm³/mol. The summed E-state index contributed by atoms with van der Waals surface area (Å²) < 4.78 is 37.9. The molecule has 2 amide bonds. The first-order valence-corrected chi connectivity index (χ1v) is 15.2. The number of ether oxygens (including phenoxy) is 2. The number of hydrogen-bond donors (Lipinski definition) is 1. The van der Waals surface area contributed by atoms with Gasteiger partial charge in [-0.05, 0) is 81.3 Å². The SMILES string of the molecule is CC[C@H](C(=O)NC(C)(C)C)N(Cc1ccc(OC)cc1)C(=O)CN(c1ccc(Oc2ccccc2)cc1)S(C)(=O)=O. The minimum Gasteiger partial charge on any atom is -0.497 e. The predicted octanol–water partition coefficient (Wildman–Crippen LogP) is 4.98. The average molecular weight is 582 g/mol. The molecule has 0 radical (unpaired) electrons. The molecule has 10 heteroatoms. The van der Waals surface area contributed by atoms with Crippen LogP contribution in [0, 0.1) is 0 Å². The number of nitrogens with zero attached hydrogens (tertiary/aromatic N) is 2. The number of benzene rings is 3. The molecule has 0 aromatic heterocycles. The van der Waals surface area contributed by atoms with Crippen LogP contribution in [0.1, 0.15) is 39.7 Å². The molecule has 9 nitrogen and oxygen atoms in total. The summed E-state index contributed by atoms with van der Waals surface area (Å²) in [6.45, 7) is 7.05. The fraction of sp³-hybridized carbons (Fsp3) is 0.355. The van der Waals surface area contributed by atoms with Crippen molar-refractivity contribution >= 4 is 27.5 Å². The first-order chi connectivity index (χ1) is 19.3. The van der Waals surface area contributed by atoms with Crippen molar-refractivity contribution in [1.29, 1.82) is 0 Å². The number of carbonyl (C=O) groups excluding carboxylic acids is 2. The van der Waals surface area contributed by atoms with Crippen molar-refractivity contribution in [3.8, 4) is 17.2 Å². The second-order valence-corrected chi connectivity index (χ2v) is 12.6. The van der Waals surface area contributed by atoms with Crippen LogP contribution >= 0.6 is 0 Å². The molecule has 0 bridgehead atoms. The lowest BCUT2D eigenvalue weighted by atomic mass is 10.1. The van der Waals surface area contributed by atoms with E-state index in [9.17, 15) is 18.0 Å². The summed E-state index contributed by atoms with van der Waals surface area (Å²) in [5.41, 5.74) is 0.564. The van der Waals surface area contributed by atoms with Crippen molar-refractivity contribution in [1.82, 2.24) is 10.2 Å². The van der Waals surface area contributed by atoms with Crippen molar-refractivity contribution < 1.29 is 27.5 Å². The molecule has 41 heavy (non-hydrogen) atoms. The zero-order chi connectivity index (χ0) is 30.2. The molecule has 0 unspecified atom stereocenters. The van der Waals surface area contributed by atoms with E-state index < -0.39 is 34.1 Å². The van der Waals surface area contributed by atoms with Gasteiger partial charge in [0.2, 0.25) is 21.8 Å². The van der Waals surface area contributed by atoms with Gasteiger partial charge in [0.05, 0.1) is 19.1 Å². The summed E-state index contributed by atoms with van der Waals surface area (Å²) in [5, 5.41) is 2.95. The molecule has 0 saturated carbocycles. The van der Waals surface area contributed by atoms with Gasteiger partial charge in [-0.1, -0.05) is 37.3 Å². The zero-order valence-corrected chi connectivity index (χ0v) is 25.3. The van der Waals surface area contributed by atoms with Crippen molar-refractivity contribution in [3.63, 3.8) is 0 Å². The molecular weight excluding hydrogens is 542 g/mol. The van der Waals surface area contributed by atoms with Crippen LogP contribution < -0.4 is 19.1 Å². The number of nitrogens with one attached hydrogen (secondary N) is 1. The lowest BCUT2D eigenvalue weighted by Crippen LogP contribution is -2.55. The lowest BCUT2D eigenvalue weighted by Gasteiger charge is -2.34. The van der Waals surface area contributed by atoms with Crippen LogP contribution in [-0.4, -0.2) is 56.6 Å². The molecule has 0 aliphatic rings. The molecule has 0 aliphatic heterocycles. The number of carbonyl (C=O) groups is 2. The number of methoxy groups -OCH3 is 1. The molecule has 1 N–H and O–H groups in total.